The predicted octanol–water partition coefficient (Wildman–Crippen LogP) is 23.4. The SMILES string of the molecule is COc1cc(-c2nc(-c3ccc(C)c(OC)c3)no2)ccn1.COc1cc(-c2noc(-c3cc(Cl)nc(Cl)c3)n2)ccc1C.COc1cc(-c2noc(-c3ccc(C#N)c(C)c3)n2)ccc1C.COc1cc(-c2noc(-c3ccnc(F)c3)n2)ccc1C.COc1cc(-c2noc(-c3ccncc3)n2)ccc1C.COc1cc(-c2noc(-c3ccnnc3)n2)ccc1C.COc1cc(-c2noc(Cc3ccncc3)n2)ccc1C. The number of pyridine rings is 5. The van der Waals surface area contributed by atoms with E-state index in [1.807, 2.05) is 213 Å². The number of nitriles is 1. The van der Waals surface area contributed by atoms with Crippen LogP contribution in [0, 0.1) is 72.7 Å². The van der Waals surface area contributed by atoms with Crippen molar-refractivity contribution in [2.75, 3.05) is 56.9 Å². The van der Waals surface area contributed by atoms with Crippen molar-refractivity contribution in [2.45, 2.75) is 61.8 Å². The number of benzene rings is 8. The number of hydrogen-bond acceptors (Lipinski definition) is 37. The highest BCUT2D eigenvalue weighted by atomic mass is 35.5. The molecular formula is C109H93Cl2FN22O15. The van der Waals surface area contributed by atoms with Gasteiger partial charge in [-0.1, -0.05) is 144 Å². The summed E-state index contributed by atoms with van der Waals surface area (Å²) in [6.07, 6.45) is 13.6. The number of halogens is 3. The lowest BCUT2D eigenvalue weighted by molar-refractivity contribution is 0.385. The minimum Gasteiger partial charge on any atom is -0.496 e. The molecule has 37 nitrogen and oxygen atoms in total. The van der Waals surface area contributed by atoms with Crippen LogP contribution in [0.2, 0.25) is 10.3 Å². The molecule has 0 spiro atoms. The van der Waals surface area contributed by atoms with Gasteiger partial charge < -0.3 is 69.6 Å². The van der Waals surface area contributed by atoms with Gasteiger partial charge in [-0.3, -0.25) is 9.97 Å². The van der Waals surface area contributed by atoms with Crippen molar-refractivity contribution in [1.29, 1.82) is 5.26 Å². The van der Waals surface area contributed by atoms with Gasteiger partial charge in [0, 0.05) is 116 Å². The average Bonchev–Trinajstić information content (AvgIpc) is 1.70. The molecule has 0 N–H and O–H groups in total. The molecule has 0 unspecified atom stereocenters. The Morgan fingerprint density at radius 3 is 0.906 bits per heavy atom. The molecule has 21 aromatic rings. The lowest BCUT2D eigenvalue weighted by atomic mass is 10.1. The molecule has 0 aliphatic rings. The van der Waals surface area contributed by atoms with Crippen LogP contribution in [0.15, 0.2) is 294 Å². The number of rotatable bonds is 23. The molecule has 40 heteroatoms. The zero-order valence-electron chi connectivity index (χ0n) is 83.1. The summed E-state index contributed by atoms with van der Waals surface area (Å²) < 4.78 is 92.3. The largest absolute Gasteiger partial charge is 0.496 e. The van der Waals surface area contributed by atoms with Crippen molar-refractivity contribution >= 4 is 23.2 Å². The molecule has 21 rings (SSSR count). The Kier molecular flexibility index (Phi) is 34.8. The summed E-state index contributed by atoms with van der Waals surface area (Å²) in [6.45, 7) is 15.7. The zero-order chi connectivity index (χ0) is 105. The maximum atomic E-state index is 13.1. The molecule has 0 aliphatic heterocycles. The summed E-state index contributed by atoms with van der Waals surface area (Å²) in [4.78, 5) is 50.0. The highest BCUT2D eigenvalue weighted by molar-refractivity contribution is 6.32. The van der Waals surface area contributed by atoms with Crippen molar-refractivity contribution in [1.82, 2.24) is 106 Å². The normalized spacial score (nSPS) is 10.5. The molecule has 0 aliphatic carbocycles. The van der Waals surface area contributed by atoms with Crippen molar-refractivity contribution < 1.29 is 73.9 Å². The van der Waals surface area contributed by atoms with Gasteiger partial charge in [-0.15, -0.1) is 0 Å². The van der Waals surface area contributed by atoms with Gasteiger partial charge >= 0.3 is 0 Å². The zero-order valence-corrected chi connectivity index (χ0v) is 84.6. The molecule has 0 saturated carbocycles. The van der Waals surface area contributed by atoms with E-state index in [-0.39, 0.29) is 16.2 Å². The molecule has 0 fully saturated rings. The molecule has 0 radical (unpaired) electrons. The fraction of sp³-hybridized carbons (Fsp3) is 0.156. The Bertz CT molecular complexity index is 7990. The first-order valence-corrected chi connectivity index (χ1v) is 46.1. The first-order chi connectivity index (χ1) is 72.4. The maximum absolute atomic E-state index is 13.1. The first-order valence-electron chi connectivity index (χ1n) is 45.3. The molecule has 13 heterocycles. The van der Waals surface area contributed by atoms with Gasteiger partial charge in [0.25, 0.3) is 35.3 Å². The molecule has 149 heavy (non-hydrogen) atoms. The summed E-state index contributed by atoms with van der Waals surface area (Å²) in [5, 5.41) is 45.0. The van der Waals surface area contributed by atoms with Crippen LogP contribution >= 0.6 is 23.2 Å². The monoisotopic (exact) mass is 2040 g/mol. The fourth-order valence-electron chi connectivity index (χ4n) is 14.2. The van der Waals surface area contributed by atoms with E-state index >= 15 is 0 Å². The lowest BCUT2D eigenvalue weighted by Crippen LogP contribution is -1.90. The summed E-state index contributed by atoms with van der Waals surface area (Å²) in [6, 6.07) is 66.7. The van der Waals surface area contributed by atoms with Crippen molar-refractivity contribution in [3.63, 3.8) is 0 Å². The summed E-state index contributed by atoms with van der Waals surface area (Å²) in [5.74, 6) is 11.7. The molecule has 8 aromatic carbocycles. The number of ether oxygens (including phenoxy) is 8. The van der Waals surface area contributed by atoms with Crippen LogP contribution in [0.1, 0.15) is 61.5 Å². The second kappa shape index (κ2) is 49.8. The number of aromatic nitrogens is 21. The summed E-state index contributed by atoms with van der Waals surface area (Å²) in [5.41, 5.74) is 19.9. The lowest BCUT2D eigenvalue weighted by Gasteiger charge is -2.04. The molecule has 0 bridgehead atoms. The van der Waals surface area contributed by atoms with Crippen LogP contribution < -0.4 is 37.9 Å². The van der Waals surface area contributed by atoms with Gasteiger partial charge in [-0.2, -0.15) is 54.7 Å². The van der Waals surface area contributed by atoms with E-state index in [9.17, 15) is 4.39 Å². The molecule has 0 saturated heterocycles. The number of methoxy groups -OCH3 is 8. The van der Waals surface area contributed by atoms with E-state index in [2.05, 4.69) is 112 Å². The molecule has 0 atom stereocenters. The van der Waals surface area contributed by atoms with Gasteiger partial charge in [-0.25, -0.2) is 15.0 Å². The third-order valence-electron chi connectivity index (χ3n) is 22.3. The third kappa shape index (κ3) is 26.9. The van der Waals surface area contributed by atoms with Crippen molar-refractivity contribution in [3.8, 4) is 201 Å². The van der Waals surface area contributed by atoms with E-state index in [0.29, 0.717) is 105 Å². The highest BCUT2D eigenvalue weighted by Crippen LogP contribution is 2.37. The number of aryl methyl sites for hydroxylation is 8. The fourth-order valence-corrected chi connectivity index (χ4v) is 14.7. The van der Waals surface area contributed by atoms with E-state index < -0.39 is 5.95 Å². The van der Waals surface area contributed by atoms with Crippen molar-refractivity contribution in [2.24, 2.45) is 0 Å². The maximum Gasteiger partial charge on any atom is 0.259 e. The van der Waals surface area contributed by atoms with E-state index in [1.165, 1.54) is 12.3 Å². The molecule has 750 valence electrons. The van der Waals surface area contributed by atoms with Crippen LogP contribution in [0.4, 0.5) is 4.39 Å². The Hall–Kier alpha value is -19.0. The average molecular weight is 2040 g/mol. The van der Waals surface area contributed by atoms with Crippen LogP contribution in [0.3, 0.4) is 0 Å². The molecular weight excluding hydrogens is 1950 g/mol. The highest BCUT2D eigenvalue weighted by Gasteiger charge is 2.22. The van der Waals surface area contributed by atoms with E-state index in [4.69, 9.17) is 98.0 Å². The van der Waals surface area contributed by atoms with Crippen molar-refractivity contribution in [3.05, 3.63) is 340 Å². The molecule has 13 aromatic heterocycles. The van der Waals surface area contributed by atoms with Gasteiger partial charge in [-0.05, 0) is 221 Å². The minimum atomic E-state index is -0.593. The Morgan fingerprint density at radius 2 is 0.570 bits per heavy atom. The second-order valence-electron chi connectivity index (χ2n) is 32.3. The van der Waals surface area contributed by atoms with Gasteiger partial charge in [0.2, 0.25) is 58.5 Å². The predicted molar refractivity (Wildman–Crippen MR) is 550 cm³/mol. The summed E-state index contributed by atoms with van der Waals surface area (Å²) in [7, 11) is 13.0. The Morgan fingerprint density at radius 1 is 0.268 bits per heavy atom. The van der Waals surface area contributed by atoms with Crippen LogP contribution in [0.25, 0.3) is 148 Å². The third-order valence-corrected chi connectivity index (χ3v) is 22.7. The Balaban J connectivity index is 0.000000130. The van der Waals surface area contributed by atoms with Gasteiger partial charge in [0.05, 0.1) is 92.9 Å². The van der Waals surface area contributed by atoms with Crippen LogP contribution in [-0.2, 0) is 6.42 Å². The minimum absolute atomic E-state index is 0.242. The molecule has 0 amide bonds. The van der Waals surface area contributed by atoms with Crippen LogP contribution in [-0.4, -0.2) is 163 Å². The quantitative estimate of drug-likeness (QED) is 0.0537. The van der Waals surface area contributed by atoms with Gasteiger partial charge in [0.15, 0.2) is 0 Å². The first kappa shape index (κ1) is 104. The number of hydrogen-bond donors (Lipinski definition) is 0. The summed E-state index contributed by atoms with van der Waals surface area (Å²) >= 11 is 11.8. The topological polar surface area (TPSA) is 460 Å². The standard InChI is InChI=1S/C18H15N3O2.C16H15N3O3.C16H15N3O2.C15H11Cl2N3O2.C15H12FN3O2.C15H13N3O2.C14H12N4O2/c1-11-4-5-13(9-16(11)22-3)17-20-18(23-21-17)14-6-7-15(10-19)12(2)8-14;1-10-4-5-11(8-13(10)20-2)15-18-16(22-19-15)12-6-7-17-14(9-12)21-3;1-11-3-4-13(10-14(11)20-2)16-18-15(21-19-16)9-12-5-7-17-8-6-12;1-8-3-4-9(5-11(8)21-2)14-19-15(22-20-14)10-6-12(16)18-13(17)7-10;1-9-3-4-10(7-12(9)20-2)14-18-15(21-19-14)11-5-6-17-13(16)8-11;1-10-3-4-12(9-13(10)19-2)14-17-15(20-18-14)11-5-7-16-8-6-11;1-9-3-4-10(7-12(9)19-2)13-17-14(20-18-13)11-5-6-15-16-8-11/h4-9H,1-3H3;4-9H,1-3H3;3-8,10H,9H2,1-2H3;3-7H,1-2H3;3-8H,1-2H3;3-9H,1-2H3;3-8H,1-2H3. The van der Waals surface area contributed by atoms with E-state index in [1.54, 1.807) is 149 Å². The van der Waals surface area contributed by atoms with Crippen LogP contribution in [0.5, 0.6) is 46.1 Å². The Labute approximate surface area is 862 Å². The number of nitrogens with zero attached hydrogens (tertiary/aromatic N) is 22. The smallest absolute Gasteiger partial charge is 0.259 e. The van der Waals surface area contributed by atoms with Gasteiger partial charge in [0.1, 0.15) is 50.6 Å². The van der Waals surface area contributed by atoms with E-state index in [0.717, 1.165) is 152 Å². The second-order valence-corrected chi connectivity index (χ2v) is 33.1.